The number of sulfonamides is 1. The van der Waals surface area contributed by atoms with Gasteiger partial charge < -0.3 is 19.5 Å². The molecule has 2 aromatic rings. The van der Waals surface area contributed by atoms with Crippen molar-refractivity contribution in [3.05, 3.63) is 58.7 Å². The Hall–Kier alpha value is -3.28. The van der Waals surface area contributed by atoms with Gasteiger partial charge in [0.25, 0.3) is 5.91 Å². The molecule has 10 nitrogen and oxygen atoms in total. The molecule has 1 aliphatic rings. The summed E-state index contributed by atoms with van der Waals surface area (Å²) in [6, 6.07) is 8.28. The van der Waals surface area contributed by atoms with Crippen LogP contribution in [0, 0.1) is 6.92 Å². The highest BCUT2D eigenvalue weighted by atomic mass is 32.2. The lowest BCUT2D eigenvalue weighted by Crippen LogP contribution is -2.40. The molecule has 0 atom stereocenters. The van der Waals surface area contributed by atoms with E-state index in [4.69, 9.17) is 14.2 Å². The van der Waals surface area contributed by atoms with E-state index < -0.39 is 27.9 Å². The molecule has 1 amide bonds. The van der Waals surface area contributed by atoms with Crippen molar-refractivity contribution in [2.45, 2.75) is 11.8 Å². The van der Waals surface area contributed by atoms with Gasteiger partial charge in [0.1, 0.15) is 0 Å². The van der Waals surface area contributed by atoms with E-state index in [1.54, 1.807) is 13.0 Å². The molecule has 0 radical (unpaired) electrons. The molecule has 3 rings (SSSR count). The summed E-state index contributed by atoms with van der Waals surface area (Å²) in [5, 5.41) is 2.61. The third-order valence-electron chi connectivity index (χ3n) is 5.09. The fourth-order valence-electron chi connectivity index (χ4n) is 3.31. The van der Waals surface area contributed by atoms with Crippen LogP contribution in [0.25, 0.3) is 0 Å². The fraction of sp³-hybridized carbons (Fsp3) is 0.318. The van der Waals surface area contributed by atoms with Gasteiger partial charge in [-0.1, -0.05) is 6.07 Å². The predicted octanol–water partition coefficient (Wildman–Crippen LogP) is 1.84. The first-order valence-corrected chi connectivity index (χ1v) is 11.4. The van der Waals surface area contributed by atoms with Gasteiger partial charge in [-0.05, 0) is 42.8 Å². The lowest BCUT2D eigenvalue weighted by atomic mass is 10.1. The molecule has 1 aliphatic heterocycles. The predicted molar refractivity (Wildman–Crippen MR) is 118 cm³/mol. The number of amides is 1. The zero-order valence-corrected chi connectivity index (χ0v) is 19.2. The van der Waals surface area contributed by atoms with Gasteiger partial charge >= 0.3 is 11.9 Å². The first-order valence-electron chi connectivity index (χ1n) is 9.99. The number of nitrogens with one attached hydrogen (secondary N) is 1. The summed E-state index contributed by atoms with van der Waals surface area (Å²) in [4.78, 5) is 37.0. The van der Waals surface area contributed by atoms with Crippen LogP contribution in [0.5, 0.6) is 0 Å². The highest BCUT2D eigenvalue weighted by molar-refractivity contribution is 7.89. The van der Waals surface area contributed by atoms with Gasteiger partial charge in [-0.3, -0.25) is 4.79 Å². The quantitative estimate of drug-likeness (QED) is 0.626. The molecule has 0 aliphatic carbocycles. The second kappa shape index (κ2) is 10.1. The maximum Gasteiger partial charge on any atom is 0.337 e. The van der Waals surface area contributed by atoms with Crippen LogP contribution in [0.1, 0.15) is 36.6 Å². The van der Waals surface area contributed by atoms with Gasteiger partial charge in [-0.2, -0.15) is 4.31 Å². The number of rotatable bonds is 6. The summed E-state index contributed by atoms with van der Waals surface area (Å²) in [6.45, 7) is 2.74. The molecule has 0 spiro atoms. The molecule has 11 heteroatoms. The number of hydrogen-bond acceptors (Lipinski definition) is 8. The Morgan fingerprint density at radius 2 is 1.52 bits per heavy atom. The third-order valence-corrected chi connectivity index (χ3v) is 6.99. The van der Waals surface area contributed by atoms with E-state index in [1.807, 2.05) is 0 Å². The van der Waals surface area contributed by atoms with Gasteiger partial charge in [0, 0.05) is 24.3 Å². The SMILES string of the molecule is COC(=O)c1cc(NC(=O)c2cc(S(=O)(=O)N3CCOCC3)ccc2C)cc(C(=O)OC)c1. The molecule has 0 saturated carbocycles. The van der Waals surface area contributed by atoms with E-state index in [1.165, 1.54) is 48.9 Å². The van der Waals surface area contributed by atoms with E-state index in [0.29, 0.717) is 18.8 Å². The number of aryl methyl sites for hydroxylation is 1. The summed E-state index contributed by atoms with van der Waals surface area (Å²) in [7, 11) is -1.42. The average molecular weight is 477 g/mol. The maximum atomic E-state index is 13.0. The van der Waals surface area contributed by atoms with Crippen LogP contribution in [0.15, 0.2) is 41.3 Å². The molecule has 1 N–H and O–H groups in total. The minimum Gasteiger partial charge on any atom is -0.465 e. The van der Waals surface area contributed by atoms with Gasteiger partial charge in [0.05, 0.1) is 43.5 Å². The maximum absolute atomic E-state index is 13.0. The number of carbonyl (C=O) groups is 3. The van der Waals surface area contributed by atoms with Crippen LogP contribution >= 0.6 is 0 Å². The van der Waals surface area contributed by atoms with E-state index in [0.717, 1.165) is 0 Å². The number of nitrogens with zero attached hydrogens (tertiary/aromatic N) is 1. The van der Waals surface area contributed by atoms with Crippen molar-refractivity contribution in [3.8, 4) is 0 Å². The molecule has 1 saturated heterocycles. The van der Waals surface area contributed by atoms with Gasteiger partial charge in [0.15, 0.2) is 0 Å². The number of esters is 2. The molecular formula is C22H24N2O8S. The largest absolute Gasteiger partial charge is 0.465 e. The second-order valence-corrected chi connectivity index (χ2v) is 9.17. The Balaban J connectivity index is 1.94. The molecule has 1 fully saturated rings. The van der Waals surface area contributed by atoms with Crippen LogP contribution in [0.4, 0.5) is 5.69 Å². The summed E-state index contributed by atoms with van der Waals surface area (Å²) in [5.41, 5.74) is 0.898. The van der Waals surface area contributed by atoms with E-state index in [9.17, 15) is 22.8 Å². The van der Waals surface area contributed by atoms with Crippen molar-refractivity contribution in [1.29, 1.82) is 0 Å². The topological polar surface area (TPSA) is 128 Å². The third kappa shape index (κ3) is 5.38. The number of methoxy groups -OCH3 is 2. The Bertz CT molecular complexity index is 1150. The van der Waals surface area contributed by atoms with Crippen molar-refractivity contribution in [1.82, 2.24) is 4.31 Å². The molecule has 0 bridgehead atoms. The molecule has 1 heterocycles. The Morgan fingerprint density at radius 1 is 0.939 bits per heavy atom. The normalized spacial score (nSPS) is 14.4. The van der Waals surface area contributed by atoms with Crippen molar-refractivity contribution >= 4 is 33.6 Å². The zero-order chi connectivity index (χ0) is 24.2. The average Bonchev–Trinajstić information content (AvgIpc) is 2.83. The van der Waals surface area contributed by atoms with Crippen molar-refractivity contribution in [2.75, 3.05) is 45.8 Å². The molecule has 2 aromatic carbocycles. The van der Waals surface area contributed by atoms with Crippen LogP contribution < -0.4 is 5.32 Å². The smallest absolute Gasteiger partial charge is 0.337 e. The molecule has 33 heavy (non-hydrogen) atoms. The van der Waals surface area contributed by atoms with E-state index in [2.05, 4.69) is 5.32 Å². The monoisotopic (exact) mass is 476 g/mol. The Morgan fingerprint density at radius 3 is 2.06 bits per heavy atom. The van der Waals surface area contributed by atoms with E-state index in [-0.39, 0.29) is 40.4 Å². The number of anilines is 1. The number of hydrogen-bond donors (Lipinski definition) is 1. The van der Waals surface area contributed by atoms with Crippen molar-refractivity contribution < 1.29 is 37.0 Å². The minimum atomic E-state index is -3.80. The summed E-state index contributed by atoms with van der Waals surface area (Å²) in [5.74, 6) is -2.01. The standard InChI is InChI=1S/C22H24N2O8S/c1-14-4-5-18(33(28,29)24-6-8-32-9-7-24)13-19(14)20(25)23-17-11-15(21(26)30-2)10-16(12-17)22(27)31-3/h4-5,10-13H,6-9H2,1-3H3,(H,23,25). The van der Waals surface area contributed by atoms with E-state index >= 15 is 0 Å². The van der Waals surface area contributed by atoms with Crippen LogP contribution in [0.3, 0.4) is 0 Å². The summed E-state index contributed by atoms with van der Waals surface area (Å²) in [6.07, 6.45) is 0. The second-order valence-electron chi connectivity index (χ2n) is 7.23. The molecule has 0 aromatic heterocycles. The highest BCUT2D eigenvalue weighted by Gasteiger charge is 2.27. The molecular weight excluding hydrogens is 452 g/mol. The summed E-state index contributed by atoms with van der Waals surface area (Å²) >= 11 is 0. The zero-order valence-electron chi connectivity index (χ0n) is 18.4. The van der Waals surface area contributed by atoms with Crippen LogP contribution in [0.2, 0.25) is 0 Å². The van der Waals surface area contributed by atoms with Crippen LogP contribution in [-0.2, 0) is 24.2 Å². The number of carbonyl (C=O) groups excluding carboxylic acids is 3. The number of morpholine rings is 1. The lowest BCUT2D eigenvalue weighted by Gasteiger charge is -2.26. The van der Waals surface area contributed by atoms with Gasteiger partial charge in [0.2, 0.25) is 10.0 Å². The Labute approximate surface area is 191 Å². The van der Waals surface area contributed by atoms with Crippen molar-refractivity contribution in [2.24, 2.45) is 0 Å². The number of benzene rings is 2. The van der Waals surface area contributed by atoms with Gasteiger partial charge in [-0.15, -0.1) is 0 Å². The minimum absolute atomic E-state index is 0.0151. The Kier molecular flexibility index (Phi) is 7.46. The molecule has 176 valence electrons. The van der Waals surface area contributed by atoms with Crippen molar-refractivity contribution in [3.63, 3.8) is 0 Å². The lowest BCUT2D eigenvalue weighted by molar-refractivity contribution is 0.0598. The first kappa shape index (κ1) is 24.4. The summed E-state index contributed by atoms with van der Waals surface area (Å²) < 4.78 is 41.9. The molecule has 0 unspecified atom stereocenters. The number of ether oxygens (including phenoxy) is 3. The van der Waals surface area contributed by atoms with Gasteiger partial charge in [-0.25, -0.2) is 18.0 Å². The highest BCUT2D eigenvalue weighted by Crippen LogP contribution is 2.23. The first-order chi connectivity index (χ1) is 15.7. The van der Waals surface area contributed by atoms with Crippen LogP contribution in [-0.4, -0.2) is 71.1 Å². The fourth-order valence-corrected chi connectivity index (χ4v) is 4.75.